The molecule has 4 nitrogen and oxygen atoms in total. The van der Waals surface area contributed by atoms with Gasteiger partial charge in [0, 0.05) is 22.2 Å². The van der Waals surface area contributed by atoms with Gasteiger partial charge < -0.3 is 9.80 Å². The number of para-hydroxylation sites is 2. The van der Waals surface area contributed by atoms with E-state index in [1.165, 1.54) is 11.3 Å². The minimum atomic E-state index is -0.171. The Kier molecular flexibility index (Phi) is 5.08. The summed E-state index contributed by atoms with van der Waals surface area (Å²) in [6.45, 7) is 15.8. The van der Waals surface area contributed by atoms with E-state index in [0.29, 0.717) is 5.92 Å². The molecule has 1 aromatic heterocycles. The fourth-order valence-corrected chi connectivity index (χ4v) is 6.19. The molecule has 2 aromatic carbocycles. The number of nitrogens with zero attached hydrogens (tertiary/aromatic N) is 4. The first-order valence-electron chi connectivity index (χ1n) is 12.2. The van der Waals surface area contributed by atoms with E-state index in [-0.39, 0.29) is 17.0 Å². The molecule has 3 atom stereocenters. The molecule has 3 aromatic rings. The summed E-state index contributed by atoms with van der Waals surface area (Å²) in [5, 5.41) is 0. The highest BCUT2D eigenvalue weighted by atomic mass is 15.5. The minimum Gasteiger partial charge on any atom is -0.301 e. The third kappa shape index (κ3) is 2.76. The summed E-state index contributed by atoms with van der Waals surface area (Å²) in [4.78, 5) is 15.1. The van der Waals surface area contributed by atoms with E-state index in [0.717, 1.165) is 35.9 Å². The highest BCUT2D eigenvalue weighted by Gasteiger charge is 2.61. The van der Waals surface area contributed by atoms with Crippen LogP contribution in [0.2, 0.25) is 0 Å². The van der Waals surface area contributed by atoms with Crippen LogP contribution in [-0.2, 0) is 5.41 Å². The lowest BCUT2D eigenvalue weighted by Gasteiger charge is -2.58. The number of benzene rings is 2. The van der Waals surface area contributed by atoms with Crippen molar-refractivity contribution >= 4 is 23.0 Å². The number of fused-ring (bicyclic) bond motifs is 5. The van der Waals surface area contributed by atoms with Crippen LogP contribution in [0.4, 0.5) is 23.0 Å². The van der Waals surface area contributed by atoms with E-state index < -0.39 is 0 Å². The average molecular weight is 439 g/mol. The largest absolute Gasteiger partial charge is 0.301 e. The Hall–Kier alpha value is -3.14. The van der Waals surface area contributed by atoms with Gasteiger partial charge in [0.15, 0.2) is 11.6 Å². The van der Waals surface area contributed by atoms with Gasteiger partial charge in [-0.15, -0.1) is 6.58 Å². The molecule has 3 unspecified atom stereocenters. The number of allylic oxidation sites excluding steroid dienone is 1. The Morgan fingerprint density at radius 2 is 1.67 bits per heavy atom. The van der Waals surface area contributed by atoms with Crippen LogP contribution in [0.3, 0.4) is 0 Å². The summed E-state index contributed by atoms with van der Waals surface area (Å²) in [7, 11) is 0. The number of hydrogen-bond acceptors (Lipinski definition) is 4. The molecule has 3 heterocycles. The van der Waals surface area contributed by atoms with Crippen molar-refractivity contribution < 1.29 is 0 Å². The Bertz CT molecular complexity index is 1190. The second kappa shape index (κ2) is 7.72. The maximum Gasteiger partial charge on any atom is 0.178 e. The molecule has 0 fully saturated rings. The van der Waals surface area contributed by atoms with Gasteiger partial charge in [0.1, 0.15) is 6.17 Å². The molecule has 0 saturated heterocycles. The van der Waals surface area contributed by atoms with Gasteiger partial charge in [-0.25, -0.2) is 9.97 Å². The van der Waals surface area contributed by atoms with Gasteiger partial charge in [-0.3, -0.25) is 0 Å². The van der Waals surface area contributed by atoms with Gasteiger partial charge in [0.25, 0.3) is 0 Å². The Morgan fingerprint density at radius 1 is 0.970 bits per heavy atom. The highest BCUT2D eigenvalue weighted by Crippen LogP contribution is 2.64. The minimum absolute atomic E-state index is 0.0372. The molecule has 4 heteroatoms. The van der Waals surface area contributed by atoms with Gasteiger partial charge in [-0.1, -0.05) is 77.1 Å². The summed E-state index contributed by atoms with van der Waals surface area (Å²) in [6.07, 6.45) is 6.18. The molecule has 2 aliphatic rings. The number of hydrogen-bond donors (Lipinski definition) is 0. The normalized spacial score (nSPS) is 25.6. The van der Waals surface area contributed by atoms with Crippen LogP contribution in [0.15, 0.2) is 73.4 Å². The summed E-state index contributed by atoms with van der Waals surface area (Å²) >= 11 is 0. The van der Waals surface area contributed by atoms with E-state index in [4.69, 9.17) is 9.97 Å². The Labute approximate surface area is 198 Å². The first-order valence-corrected chi connectivity index (χ1v) is 12.2. The zero-order valence-electron chi connectivity index (χ0n) is 20.4. The Morgan fingerprint density at radius 3 is 2.30 bits per heavy atom. The van der Waals surface area contributed by atoms with Crippen molar-refractivity contribution in [3.05, 3.63) is 84.7 Å². The summed E-state index contributed by atoms with van der Waals surface area (Å²) < 4.78 is 0. The van der Waals surface area contributed by atoms with Crippen LogP contribution in [0.5, 0.6) is 0 Å². The first kappa shape index (κ1) is 21.7. The zero-order chi connectivity index (χ0) is 23.4. The molecule has 0 radical (unpaired) electrons. The van der Waals surface area contributed by atoms with Crippen molar-refractivity contribution in [2.75, 3.05) is 9.80 Å². The van der Waals surface area contributed by atoms with Crippen molar-refractivity contribution in [1.29, 1.82) is 0 Å². The standard InChI is InChI=1S/C29H34N4/c1-7-28(6)27-32(21-15-11-10-12-16-21)25-26(31-23(19-30-25)20(4)5)33(27)24-18-14-13-17-22(24)29(28,8-2)9-3/h8,10-20,27H,2,7,9H2,1,3-6H3. The molecular weight excluding hydrogens is 404 g/mol. The van der Waals surface area contributed by atoms with Crippen molar-refractivity contribution in [2.45, 2.75) is 65.0 Å². The quantitative estimate of drug-likeness (QED) is 0.387. The van der Waals surface area contributed by atoms with Crippen molar-refractivity contribution in [1.82, 2.24) is 9.97 Å². The van der Waals surface area contributed by atoms with Crippen molar-refractivity contribution in [3.8, 4) is 0 Å². The number of anilines is 4. The SMILES string of the molecule is C=CC1(CC)c2ccccc2N2c3nc(C(C)C)cnc3N(c3ccccc3)C2C1(C)CC. The lowest BCUT2D eigenvalue weighted by molar-refractivity contribution is 0.120. The van der Waals surface area contributed by atoms with E-state index in [9.17, 15) is 0 Å². The maximum atomic E-state index is 5.21. The molecule has 33 heavy (non-hydrogen) atoms. The molecule has 0 N–H and O–H groups in total. The molecule has 0 aliphatic carbocycles. The van der Waals surface area contributed by atoms with Crippen LogP contribution >= 0.6 is 0 Å². The predicted octanol–water partition coefficient (Wildman–Crippen LogP) is 7.48. The second-order valence-corrected chi connectivity index (χ2v) is 9.86. The number of rotatable bonds is 5. The van der Waals surface area contributed by atoms with Crippen LogP contribution in [0.25, 0.3) is 0 Å². The van der Waals surface area contributed by atoms with Crippen LogP contribution < -0.4 is 9.80 Å². The lowest BCUT2D eigenvalue weighted by Crippen LogP contribution is -2.62. The van der Waals surface area contributed by atoms with Crippen LogP contribution in [-0.4, -0.2) is 16.1 Å². The summed E-state index contributed by atoms with van der Waals surface area (Å²) in [6, 6.07) is 19.5. The monoisotopic (exact) mass is 438 g/mol. The molecule has 5 rings (SSSR count). The predicted molar refractivity (Wildman–Crippen MR) is 138 cm³/mol. The van der Waals surface area contributed by atoms with E-state index >= 15 is 0 Å². The molecule has 2 aliphatic heterocycles. The van der Waals surface area contributed by atoms with Gasteiger partial charge >= 0.3 is 0 Å². The van der Waals surface area contributed by atoms with Gasteiger partial charge in [0.05, 0.1) is 11.9 Å². The third-order valence-electron chi connectivity index (χ3n) is 8.20. The maximum absolute atomic E-state index is 5.21. The third-order valence-corrected chi connectivity index (χ3v) is 8.20. The molecule has 0 spiro atoms. The van der Waals surface area contributed by atoms with Gasteiger partial charge in [0.2, 0.25) is 0 Å². The van der Waals surface area contributed by atoms with Gasteiger partial charge in [-0.05, 0) is 42.5 Å². The van der Waals surface area contributed by atoms with Crippen molar-refractivity contribution in [2.24, 2.45) is 5.41 Å². The van der Waals surface area contributed by atoms with Gasteiger partial charge in [-0.2, -0.15) is 0 Å². The second-order valence-electron chi connectivity index (χ2n) is 9.86. The molecule has 170 valence electrons. The first-order chi connectivity index (χ1) is 15.9. The van der Waals surface area contributed by atoms with Crippen molar-refractivity contribution in [3.63, 3.8) is 0 Å². The Balaban J connectivity index is 1.88. The fourth-order valence-electron chi connectivity index (χ4n) is 6.19. The highest BCUT2D eigenvalue weighted by molar-refractivity contribution is 5.87. The summed E-state index contributed by atoms with van der Waals surface area (Å²) in [5.74, 6) is 2.20. The topological polar surface area (TPSA) is 32.3 Å². The smallest absolute Gasteiger partial charge is 0.178 e. The number of aromatic nitrogens is 2. The lowest BCUT2D eigenvalue weighted by atomic mass is 9.54. The molecular formula is C29H34N4. The molecule has 0 bridgehead atoms. The molecule has 0 amide bonds. The van der Waals surface area contributed by atoms with Crippen LogP contribution in [0.1, 0.15) is 64.6 Å². The summed E-state index contributed by atoms with van der Waals surface area (Å²) in [5.41, 5.74) is 4.41. The molecule has 0 saturated carbocycles. The van der Waals surface area contributed by atoms with E-state index in [2.05, 4.69) is 112 Å². The average Bonchev–Trinajstić information content (AvgIpc) is 3.20. The fraction of sp³-hybridized carbons (Fsp3) is 0.379. The van der Waals surface area contributed by atoms with Crippen LogP contribution in [0, 0.1) is 5.41 Å². The zero-order valence-corrected chi connectivity index (χ0v) is 20.4. The van der Waals surface area contributed by atoms with E-state index in [1.807, 2.05) is 6.20 Å². The van der Waals surface area contributed by atoms with E-state index in [1.54, 1.807) is 0 Å².